The van der Waals surface area contributed by atoms with E-state index in [4.69, 9.17) is 0 Å². The first-order valence-corrected chi connectivity index (χ1v) is 14.9. The van der Waals surface area contributed by atoms with Gasteiger partial charge in [0, 0.05) is 38.6 Å². The van der Waals surface area contributed by atoms with Crippen molar-refractivity contribution in [3.63, 3.8) is 0 Å². The van der Waals surface area contributed by atoms with E-state index in [1.165, 1.54) is 13.1 Å². The van der Waals surface area contributed by atoms with Crippen molar-refractivity contribution >= 4 is 48.4 Å². The Morgan fingerprint density at radius 2 is 1.88 bits per heavy atom. The van der Waals surface area contributed by atoms with E-state index in [1.54, 1.807) is 30.5 Å². The lowest BCUT2D eigenvalue weighted by Gasteiger charge is -2.26. The first kappa shape index (κ1) is 24.5. The summed E-state index contributed by atoms with van der Waals surface area (Å²) in [6, 6.07) is 13.8. The molecule has 0 bridgehead atoms. The minimum Gasteiger partial charge on any atom is -0.370 e. The minimum atomic E-state index is -3.95. The second-order valence-corrected chi connectivity index (χ2v) is 13.0. The third kappa shape index (κ3) is 5.52. The average molecular weight is 522 g/mol. The maximum absolute atomic E-state index is 13.2. The first-order valence-electron chi connectivity index (χ1n) is 10.7. The van der Waals surface area contributed by atoms with E-state index < -0.39 is 20.0 Å². The lowest BCUT2D eigenvalue weighted by molar-refractivity contribution is 0.598. The van der Waals surface area contributed by atoms with Gasteiger partial charge in [-0.15, -0.1) is 11.3 Å². The molecule has 34 heavy (non-hydrogen) atoms. The highest BCUT2D eigenvalue weighted by Crippen LogP contribution is 2.35. The number of thiophene rings is 1. The van der Waals surface area contributed by atoms with Crippen LogP contribution in [-0.2, 0) is 20.0 Å². The lowest BCUT2D eigenvalue weighted by Crippen LogP contribution is -2.29. The molecule has 1 aliphatic rings. The van der Waals surface area contributed by atoms with Crippen LogP contribution in [0.1, 0.15) is 6.42 Å². The molecule has 0 saturated carbocycles. The molecule has 1 aromatic carbocycles. The van der Waals surface area contributed by atoms with Gasteiger partial charge in [0.15, 0.2) is 0 Å². The second kappa shape index (κ2) is 9.90. The van der Waals surface area contributed by atoms with Gasteiger partial charge < -0.3 is 10.2 Å². The number of rotatable bonds is 7. The predicted octanol–water partition coefficient (Wildman–Crippen LogP) is 2.81. The fourth-order valence-corrected chi connectivity index (χ4v) is 6.52. The summed E-state index contributed by atoms with van der Waals surface area (Å²) >= 11 is 1.10. The molecule has 1 fully saturated rings. The second-order valence-electron chi connectivity index (χ2n) is 7.96. The molecule has 0 spiro atoms. The minimum absolute atomic E-state index is 0.115. The lowest BCUT2D eigenvalue weighted by atomic mass is 10.2. The van der Waals surface area contributed by atoms with Gasteiger partial charge in [-0.25, -0.2) is 16.8 Å². The monoisotopic (exact) mass is 521 g/mol. The quantitative estimate of drug-likeness (QED) is 0.492. The summed E-state index contributed by atoms with van der Waals surface area (Å²) in [6.45, 7) is 3.35. The highest BCUT2D eigenvalue weighted by atomic mass is 32.2. The smallest absolute Gasteiger partial charge is 0.271 e. The van der Waals surface area contributed by atoms with Crippen LogP contribution in [0.2, 0.25) is 0 Å². The van der Waals surface area contributed by atoms with Crippen molar-refractivity contribution in [2.24, 2.45) is 0 Å². The molecule has 0 radical (unpaired) electrons. The fraction of sp³-hybridized carbons (Fsp3) is 0.318. The summed E-state index contributed by atoms with van der Waals surface area (Å²) in [7, 11) is -6.16. The van der Waals surface area contributed by atoms with Crippen LogP contribution in [0.4, 0.5) is 17.1 Å². The SMILES string of the molecule is CN(c1cc(N2CCCNCC2)ccc1NS(=O)(=O)c1ccc(-c2ccccn2)s1)S(C)(=O)=O. The average Bonchev–Trinajstić information content (AvgIpc) is 3.16. The van der Waals surface area contributed by atoms with Gasteiger partial charge in [0.2, 0.25) is 10.0 Å². The molecule has 3 aromatic rings. The Balaban J connectivity index is 1.68. The van der Waals surface area contributed by atoms with E-state index in [0.29, 0.717) is 5.69 Å². The highest BCUT2D eigenvalue weighted by molar-refractivity contribution is 7.94. The largest absolute Gasteiger partial charge is 0.370 e. The molecule has 4 rings (SSSR count). The van der Waals surface area contributed by atoms with E-state index in [2.05, 4.69) is 19.9 Å². The number of hydrogen-bond donors (Lipinski definition) is 2. The summed E-state index contributed by atoms with van der Waals surface area (Å²) in [4.78, 5) is 7.15. The molecule has 0 amide bonds. The molecule has 9 nitrogen and oxygen atoms in total. The Bertz CT molecular complexity index is 1350. The van der Waals surface area contributed by atoms with Gasteiger partial charge in [0.1, 0.15) is 4.21 Å². The Kier molecular flexibility index (Phi) is 7.12. The van der Waals surface area contributed by atoms with Gasteiger partial charge in [-0.05, 0) is 55.4 Å². The number of sulfonamides is 2. The van der Waals surface area contributed by atoms with Crippen molar-refractivity contribution in [3.8, 4) is 10.6 Å². The molecule has 0 atom stereocenters. The number of aromatic nitrogens is 1. The summed E-state index contributed by atoms with van der Waals surface area (Å²) < 4.78 is 54.9. The third-order valence-electron chi connectivity index (χ3n) is 5.53. The van der Waals surface area contributed by atoms with Gasteiger partial charge in [0.25, 0.3) is 10.0 Å². The molecular formula is C22H27N5O4S3. The van der Waals surface area contributed by atoms with E-state index in [-0.39, 0.29) is 15.6 Å². The molecule has 0 unspecified atom stereocenters. The van der Waals surface area contributed by atoms with Gasteiger partial charge in [0.05, 0.1) is 28.2 Å². The Morgan fingerprint density at radius 1 is 1.06 bits per heavy atom. The number of benzene rings is 1. The van der Waals surface area contributed by atoms with Crippen molar-refractivity contribution in [1.82, 2.24) is 10.3 Å². The molecule has 3 heterocycles. The van der Waals surface area contributed by atoms with E-state index >= 15 is 0 Å². The third-order valence-corrected chi connectivity index (χ3v) is 9.69. The number of anilines is 3. The summed E-state index contributed by atoms with van der Waals surface area (Å²) in [5, 5.41) is 3.34. The molecule has 2 N–H and O–H groups in total. The van der Waals surface area contributed by atoms with Crippen molar-refractivity contribution in [1.29, 1.82) is 0 Å². The zero-order valence-electron chi connectivity index (χ0n) is 18.9. The molecule has 0 aliphatic carbocycles. The van der Waals surface area contributed by atoms with Gasteiger partial charge >= 0.3 is 0 Å². The van der Waals surface area contributed by atoms with Crippen molar-refractivity contribution in [2.45, 2.75) is 10.6 Å². The molecule has 182 valence electrons. The van der Waals surface area contributed by atoms with Gasteiger partial charge in [-0.3, -0.25) is 14.0 Å². The van der Waals surface area contributed by atoms with Crippen LogP contribution in [0, 0.1) is 0 Å². The highest BCUT2D eigenvalue weighted by Gasteiger charge is 2.24. The summed E-state index contributed by atoms with van der Waals surface area (Å²) in [6.07, 6.45) is 3.70. The summed E-state index contributed by atoms with van der Waals surface area (Å²) in [5.41, 5.74) is 1.98. The Morgan fingerprint density at radius 3 is 2.62 bits per heavy atom. The maximum atomic E-state index is 13.2. The molecule has 1 saturated heterocycles. The van der Waals surface area contributed by atoms with Gasteiger partial charge in [-0.1, -0.05) is 6.07 Å². The van der Waals surface area contributed by atoms with Crippen LogP contribution in [0.15, 0.2) is 58.9 Å². The summed E-state index contributed by atoms with van der Waals surface area (Å²) in [5.74, 6) is 0. The van der Waals surface area contributed by atoms with Crippen molar-refractivity contribution in [2.75, 3.05) is 53.4 Å². The van der Waals surface area contributed by atoms with Crippen LogP contribution < -0.4 is 19.2 Å². The Labute approximate surface area is 204 Å². The van der Waals surface area contributed by atoms with Gasteiger partial charge in [-0.2, -0.15) is 0 Å². The molecule has 2 aromatic heterocycles. The first-order chi connectivity index (χ1) is 16.1. The number of nitrogens with zero attached hydrogens (tertiary/aromatic N) is 3. The fourth-order valence-electron chi connectivity index (χ4n) is 3.65. The van der Waals surface area contributed by atoms with E-state index in [0.717, 1.165) is 65.1 Å². The molecular weight excluding hydrogens is 494 g/mol. The van der Waals surface area contributed by atoms with E-state index in [1.807, 2.05) is 18.2 Å². The number of pyridine rings is 1. The zero-order valence-corrected chi connectivity index (χ0v) is 21.4. The van der Waals surface area contributed by atoms with Crippen molar-refractivity contribution < 1.29 is 16.8 Å². The molecule has 12 heteroatoms. The Hall–Kier alpha value is -2.67. The van der Waals surface area contributed by atoms with Crippen LogP contribution in [-0.4, -0.2) is 61.3 Å². The van der Waals surface area contributed by atoms with Crippen molar-refractivity contribution in [3.05, 3.63) is 54.7 Å². The van der Waals surface area contributed by atoms with Crippen LogP contribution in [0.5, 0.6) is 0 Å². The van der Waals surface area contributed by atoms with Crippen LogP contribution in [0.25, 0.3) is 10.6 Å². The predicted molar refractivity (Wildman–Crippen MR) is 138 cm³/mol. The van der Waals surface area contributed by atoms with E-state index in [9.17, 15) is 16.8 Å². The maximum Gasteiger partial charge on any atom is 0.271 e. The number of hydrogen-bond acceptors (Lipinski definition) is 8. The zero-order chi connectivity index (χ0) is 24.3. The van der Waals surface area contributed by atoms with Crippen LogP contribution in [0.3, 0.4) is 0 Å². The number of nitrogens with one attached hydrogen (secondary N) is 2. The topological polar surface area (TPSA) is 112 Å². The molecule has 1 aliphatic heterocycles. The van der Waals surface area contributed by atoms with Crippen LogP contribution >= 0.6 is 11.3 Å². The standard InChI is InChI=1S/C22H27N5O4S3/c1-26(33(2,28)29)20-16-17(27-14-5-11-23-13-15-27)7-8-18(20)25-34(30,31)22-10-9-21(32-22)19-6-3-4-12-24-19/h3-4,6-10,12,16,23,25H,5,11,13-15H2,1-2H3. The normalized spacial score (nSPS) is 15.1.